The van der Waals surface area contributed by atoms with Crippen LogP contribution in [0.15, 0.2) is 48.7 Å². The second-order valence-electron chi connectivity index (χ2n) is 6.01. The Morgan fingerprint density at radius 3 is 2.55 bits per heavy atom. The second-order valence-corrected chi connectivity index (χ2v) is 6.45. The van der Waals surface area contributed by atoms with Crippen LogP contribution in [0.1, 0.15) is 43.5 Å². The Hall–Kier alpha value is -1.38. The van der Waals surface area contributed by atoms with Gasteiger partial charge in [-0.2, -0.15) is 0 Å². The summed E-state index contributed by atoms with van der Waals surface area (Å²) in [6, 6.07) is 14.6. The topological polar surface area (TPSA) is 24.9 Å². The molecule has 0 aliphatic carbocycles. The standard InChI is InChI=1S/C17H19ClN2/c1-17(2)14(15-5-3-4-10-19-15)11-16(20-17)12-6-8-13(18)9-7-12/h3-10,14,16,20H,11H2,1-2H3/t14-,16+/m1/s1. The Morgan fingerprint density at radius 2 is 1.90 bits per heavy atom. The van der Waals surface area contributed by atoms with Crippen molar-refractivity contribution in [1.29, 1.82) is 0 Å². The summed E-state index contributed by atoms with van der Waals surface area (Å²) in [4.78, 5) is 4.54. The Balaban J connectivity index is 1.87. The van der Waals surface area contributed by atoms with Crippen molar-refractivity contribution in [2.24, 2.45) is 0 Å². The molecule has 0 unspecified atom stereocenters. The predicted molar refractivity (Wildman–Crippen MR) is 83.0 cm³/mol. The van der Waals surface area contributed by atoms with Gasteiger partial charge in [0, 0.05) is 34.4 Å². The number of hydrogen-bond donors (Lipinski definition) is 1. The lowest BCUT2D eigenvalue weighted by Crippen LogP contribution is -2.38. The summed E-state index contributed by atoms with van der Waals surface area (Å²) in [6.45, 7) is 4.50. The minimum Gasteiger partial charge on any atom is -0.304 e. The van der Waals surface area contributed by atoms with Crippen molar-refractivity contribution in [3.63, 3.8) is 0 Å². The van der Waals surface area contributed by atoms with Gasteiger partial charge in [-0.1, -0.05) is 29.8 Å². The molecule has 1 saturated heterocycles. The molecule has 20 heavy (non-hydrogen) atoms. The molecule has 0 bridgehead atoms. The number of nitrogens with zero attached hydrogens (tertiary/aromatic N) is 1. The minimum absolute atomic E-state index is 0.0403. The summed E-state index contributed by atoms with van der Waals surface area (Å²) in [5.41, 5.74) is 2.50. The smallest absolute Gasteiger partial charge is 0.0453 e. The number of nitrogens with one attached hydrogen (secondary N) is 1. The fourth-order valence-corrected chi connectivity index (χ4v) is 3.25. The Kier molecular flexibility index (Phi) is 3.53. The van der Waals surface area contributed by atoms with E-state index in [1.165, 1.54) is 11.3 Å². The number of pyridine rings is 1. The molecule has 2 atom stereocenters. The van der Waals surface area contributed by atoms with Crippen molar-refractivity contribution in [1.82, 2.24) is 10.3 Å². The fraction of sp³-hybridized carbons (Fsp3) is 0.353. The van der Waals surface area contributed by atoms with Gasteiger partial charge in [0.1, 0.15) is 0 Å². The number of benzene rings is 1. The van der Waals surface area contributed by atoms with Gasteiger partial charge in [-0.05, 0) is 50.1 Å². The highest BCUT2D eigenvalue weighted by atomic mass is 35.5. The van der Waals surface area contributed by atoms with Crippen molar-refractivity contribution in [2.45, 2.75) is 37.8 Å². The zero-order valence-corrected chi connectivity index (χ0v) is 12.6. The lowest BCUT2D eigenvalue weighted by atomic mass is 9.85. The highest BCUT2D eigenvalue weighted by molar-refractivity contribution is 6.30. The molecule has 3 heteroatoms. The van der Waals surface area contributed by atoms with E-state index in [1.807, 2.05) is 24.4 Å². The molecule has 2 aromatic rings. The van der Waals surface area contributed by atoms with Crippen LogP contribution in [0.4, 0.5) is 0 Å². The van der Waals surface area contributed by atoms with Crippen LogP contribution < -0.4 is 5.32 Å². The third kappa shape index (κ3) is 2.58. The molecule has 1 fully saturated rings. The summed E-state index contributed by atoms with van der Waals surface area (Å²) in [6.07, 6.45) is 2.94. The molecule has 3 rings (SSSR count). The van der Waals surface area contributed by atoms with E-state index >= 15 is 0 Å². The van der Waals surface area contributed by atoms with Gasteiger partial charge in [-0.25, -0.2) is 0 Å². The van der Waals surface area contributed by atoms with E-state index in [9.17, 15) is 0 Å². The first kappa shape index (κ1) is 13.6. The zero-order chi connectivity index (χ0) is 14.2. The van der Waals surface area contributed by atoms with E-state index in [-0.39, 0.29) is 5.54 Å². The van der Waals surface area contributed by atoms with Gasteiger partial charge < -0.3 is 5.32 Å². The average Bonchev–Trinajstić information content (AvgIpc) is 2.76. The van der Waals surface area contributed by atoms with Gasteiger partial charge in [0.05, 0.1) is 0 Å². The molecule has 0 amide bonds. The van der Waals surface area contributed by atoms with Crippen LogP contribution in [0.5, 0.6) is 0 Å². The van der Waals surface area contributed by atoms with E-state index in [4.69, 9.17) is 11.6 Å². The van der Waals surface area contributed by atoms with Crippen LogP contribution >= 0.6 is 11.6 Å². The zero-order valence-electron chi connectivity index (χ0n) is 11.8. The van der Waals surface area contributed by atoms with Crippen molar-refractivity contribution < 1.29 is 0 Å². The lowest BCUT2D eigenvalue weighted by molar-refractivity contribution is 0.393. The molecule has 104 valence electrons. The Labute approximate surface area is 125 Å². The molecule has 1 aliphatic rings. The van der Waals surface area contributed by atoms with Gasteiger partial charge in [-0.3, -0.25) is 4.98 Å². The maximum absolute atomic E-state index is 5.97. The molecule has 1 aromatic carbocycles. The summed E-state index contributed by atoms with van der Waals surface area (Å²) < 4.78 is 0. The quantitative estimate of drug-likeness (QED) is 0.889. The molecule has 1 aromatic heterocycles. The first-order chi connectivity index (χ1) is 9.56. The van der Waals surface area contributed by atoms with Crippen LogP contribution in [-0.2, 0) is 0 Å². The fourth-order valence-electron chi connectivity index (χ4n) is 3.13. The SMILES string of the molecule is CC1(C)N[C@H](c2ccc(Cl)cc2)C[C@@H]1c1ccccn1. The molecular formula is C17H19ClN2. The first-order valence-electron chi connectivity index (χ1n) is 7.00. The van der Waals surface area contributed by atoms with E-state index in [0.29, 0.717) is 12.0 Å². The van der Waals surface area contributed by atoms with Gasteiger partial charge in [0.15, 0.2) is 0 Å². The van der Waals surface area contributed by atoms with Gasteiger partial charge in [0.25, 0.3) is 0 Å². The largest absolute Gasteiger partial charge is 0.304 e. The molecule has 2 heterocycles. The summed E-state index contributed by atoms with van der Waals surface area (Å²) in [7, 11) is 0. The van der Waals surface area contributed by atoms with Gasteiger partial charge >= 0.3 is 0 Å². The Morgan fingerprint density at radius 1 is 1.15 bits per heavy atom. The highest BCUT2D eigenvalue weighted by Crippen LogP contribution is 2.43. The van der Waals surface area contributed by atoms with Crippen molar-refractivity contribution >= 4 is 11.6 Å². The average molecular weight is 287 g/mol. The lowest BCUT2D eigenvalue weighted by Gasteiger charge is -2.27. The van der Waals surface area contributed by atoms with Crippen molar-refractivity contribution in [3.8, 4) is 0 Å². The van der Waals surface area contributed by atoms with Crippen LogP contribution in [0.2, 0.25) is 5.02 Å². The molecule has 0 saturated carbocycles. The third-order valence-electron chi connectivity index (χ3n) is 4.21. The molecule has 1 aliphatic heterocycles. The number of halogens is 1. The predicted octanol–water partition coefficient (Wildman–Crippen LogP) is 4.33. The van der Waals surface area contributed by atoms with E-state index < -0.39 is 0 Å². The van der Waals surface area contributed by atoms with E-state index in [0.717, 1.165) is 11.4 Å². The maximum atomic E-state index is 5.97. The molecular weight excluding hydrogens is 268 g/mol. The summed E-state index contributed by atoms with van der Waals surface area (Å²) in [5, 5.41) is 4.52. The normalized spacial score (nSPS) is 24.8. The number of rotatable bonds is 2. The second kappa shape index (κ2) is 5.19. The minimum atomic E-state index is 0.0403. The highest BCUT2D eigenvalue weighted by Gasteiger charge is 2.41. The third-order valence-corrected chi connectivity index (χ3v) is 4.46. The van der Waals surface area contributed by atoms with Crippen LogP contribution in [0, 0.1) is 0 Å². The van der Waals surface area contributed by atoms with Crippen LogP contribution in [0.3, 0.4) is 0 Å². The molecule has 1 N–H and O–H groups in total. The van der Waals surface area contributed by atoms with Crippen molar-refractivity contribution in [3.05, 3.63) is 64.9 Å². The van der Waals surface area contributed by atoms with Gasteiger partial charge in [0.2, 0.25) is 0 Å². The first-order valence-corrected chi connectivity index (χ1v) is 7.38. The van der Waals surface area contributed by atoms with Crippen molar-refractivity contribution in [2.75, 3.05) is 0 Å². The molecule has 2 nitrogen and oxygen atoms in total. The van der Waals surface area contributed by atoms with E-state index in [1.54, 1.807) is 0 Å². The number of aromatic nitrogens is 1. The number of hydrogen-bond acceptors (Lipinski definition) is 2. The molecule has 0 radical (unpaired) electrons. The van der Waals surface area contributed by atoms with E-state index in [2.05, 4.69) is 48.4 Å². The monoisotopic (exact) mass is 286 g/mol. The summed E-state index contributed by atoms with van der Waals surface area (Å²) >= 11 is 5.97. The van der Waals surface area contributed by atoms with Crippen LogP contribution in [-0.4, -0.2) is 10.5 Å². The van der Waals surface area contributed by atoms with Crippen LogP contribution in [0.25, 0.3) is 0 Å². The van der Waals surface area contributed by atoms with Gasteiger partial charge in [-0.15, -0.1) is 0 Å². The maximum Gasteiger partial charge on any atom is 0.0453 e. The Bertz CT molecular complexity index is 578. The molecule has 0 spiro atoms. The summed E-state index contributed by atoms with van der Waals surface area (Å²) in [5.74, 6) is 0.421.